The molecular formula is C22H23N5S. The van der Waals surface area contributed by atoms with Gasteiger partial charge < -0.3 is 4.90 Å². The molecule has 0 amide bonds. The third-order valence-electron chi connectivity index (χ3n) is 5.09. The van der Waals surface area contributed by atoms with Crippen molar-refractivity contribution in [2.75, 3.05) is 31.1 Å². The van der Waals surface area contributed by atoms with Gasteiger partial charge in [-0.05, 0) is 19.9 Å². The molecule has 1 aromatic carbocycles. The number of nitrogens with zero attached hydrogens (tertiary/aromatic N) is 5. The van der Waals surface area contributed by atoms with Gasteiger partial charge in [0, 0.05) is 49.4 Å². The SMILES string of the molecule is Cc1cc(N2CCN(Cc3csc(-c4ccccc4)n3)CC2)c(C#N)c(C)n1. The fourth-order valence-corrected chi connectivity index (χ4v) is 4.48. The highest BCUT2D eigenvalue weighted by atomic mass is 32.1. The molecule has 0 atom stereocenters. The van der Waals surface area contributed by atoms with Gasteiger partial charge in [-0.1, -0.05) is 30.3 Å². The van der Waals surface area contributed by atoms with Crippen molar-refractivity contribution in [1.82, 2.24) is 14.9 Å². The Labute approximate surface area is 169 Å². The normalized spacial score (nSPS) is 14.8. The third kappa shape index (κ3) is 3.91. The van der Waals surface area contributed by atoms with E-state index in [2.05, 4.69) is 38.4 Å². The smallest absolute Gasteiger partial charge is 0.123 e. The number of rotatable bonds is 4. The molecule has 28 heavy (non-hydrogen) atoms. The Hall–Kier alpha value is -2.75. The number of hydrogen-bond donors (Lipinski definition) is 0. The summed E-state index contributed by atoms with van der Waals surface area (Å²) in [5.41, 5.74) is 5.81. The van der Waals surface area contributed by atoms with Crippen LogP contribution in [-0.4, -0.2) is 41.0 Å². The molecule has 0 unspecified atom stereocenters. The third-order valence-corrected chi connectivity index (χ3v) is 6.03. The van der Waals surface area contributed by atoms with Gasteiger partial charge in [0.2, 0.25) is 0 Å². The maximum absolute atomic E-state index is 9.53. The maximum atomic E-state index is 9.53. The molecule has 0 N–H and O–H groups in total. The van der Waals surface area contributed by atoms with Gasteiger partial charge in [0.05, 0.1) is 22.6 Å². The van der Waals surface area contributed by atoms with E-state index in [1.165, 1.54) is 5.56 Å². The molecule has 0 saturated carbocycles. The highest BCUT2D eigenvalue weighted by molar-refractivity contribution is 7.13. The summed E-state index contributed by atoms with van der Waals surface area (Å²) in [6.07, 6.45) is 0. The second-order valence-corrected chi connectivity index (χ2v) is 7.99. The Morgan fingerprint density at radius 1 is 1.07 bits per heavy atom. The number of aromatic nitrogens is 2. The van der Waals surface area contributed by atoms with Gasteiger partial charge in [-0.2, -0.15) is 5.26 Å². The molecular weight excluding hydrogens is 366 g/mol. The van der Waals surface area contributed by atoms with Gasteiger partial charge >= 0.3 is 0 Å². The minimum absolute atomic E-state index is 0.700. The minimum Gasteiger partial charge on any atom is -0.368 e. The Bertz CT molecular complexity index is 998. The Balaban J connectivity index is 1.41. The largest absolute Gasteiger partial charge is 0.368 e. The second kappa shape index (κ2) is 8.09. The number of aryl methyl sites for hydroxylation is 2. The molecule has 0 spiro atoms. The number of thiazole rings is 1. The van der Waals surface area contributed by atoms with E-state index >= 15 is 0 Å². The van der Waals surface area contributed by atoms with Gasteiger partial charge in [-0.15, -0.1) is 11.3 Å². The summed E-state index contributed by atoms with van der Waals surface area (Å²) in [6.45, 7) is 8.52. The number of nitriles is 1. The van der Waals surface area contributed by atoms with Gasteiger partial charge in [0.1, 0.15) is 11.1 Å². The zero-order chi connectivity index (χ0) is 19.5. The fourth-order valence-electron chi connectivity index (χ4n) is 3.66. The number of piperazine rings is 1. The van der Waals surface area contributed by atoms with Crippen LogP contribution in [0.2, 0.25) is 0 Å². The van der Waals surface area contributed by atoms with E-state index in [4.69, 9.17) is 4.98 Å². The number of hydrogen-bond acceptors (Lipinski definition) is 6. The van der Waals surface area contributed by atoms with E-state index in [1.807, 2.05) is 38.1 Å². The molecule has 4 rings (SSSR count). The summed E-state index contributed by atoms with van der Waals surface area (Å²) in [5, 5.41) is 12.8. The van der Waals surface area contributed by atoms with Crippen molar-refractivity contribution >= 4 is 17.0 Å². The van der Waals surface area contributed by atoms with E-state index < -0.39 is 0 Å². The Kier molecular flexibility index (Phi) is 5.38. The average molecular weight is 390 g/mol. The highest BCUT2D eigenvalue weighted by Crippen LogP contribution is 2.26. The standard InChI is InChI=1S/C22H23N5S/c1-16-12-21(20(13-23)17(2)24-16)27-10-8-26(9-11-27)14-19-15-28-22(25-19)18-6-4-3-5-7-18/h3-7,12,15H,8-11,14H2,1-2H3. The van der Waals surface area contributed by atoms with Crippen molar-refractivity contribution in [3.63, 3.8) is 0 Å². The molecule has 0 aliphatic carbocycles. The van der Waals surface area contributed by atoms with Gasteiger partial charge in [-0.3, -0.25) is 9.88 Å². The summed E-state index contributed by atoms with van der Waals surface area (Å²) in [5.74, 6) is 0. The molecule has 1 aliphatic heterocycles. The van der Waals surface area contributed by atoms with Crippen molar-refractivity contribution in [3.8, 4) is 16.6 Å². The highest BCUT2D eigenvalue weighted by Gasteiger charge is 2.21. The van der Waals surface area contributed by atoms with Crippen LogP contribution in [0.25, 0.3) is 10.6 Å². The lowest BCUT2D eigenvalue weighted by molar-refractivity contribution is 0.247. The average Bonchev–Trinajstić information content (AvgIpc) is 3.17. The van der Waals surface area contributed by atoms with Crippen LogP contribution in [-0.2, 0) is 6.54 Å². The predicted octanol–water partition coefficient (Wildman–Crippen LogP) is 4.02. The molecule has 6 heteroatoms. The van der Waals surface area contributed by atoms with Gasteiger partial charge in [0.15, 0.2) is 0 Å². The van der Waals surface area contributed by atoms with Crippen LogP contribution in [0.1, 0.15) is 22.6 Å². The molecule has 1 fully saturated rings. The first-order valence-electron chi connectivity index (χ1n) is 9.49. The quantitative estimate of drug-likeness (QED) is 0.675. The van der Waals surface area contributed by atoms with Crippen molar-refractivity contribution < 1.29 is 0 Å². The first-order chi connectivity index (χ1) is 13.6. The summed E-state index contributed by atoms with van der Waals surface area (Å²) in [7, 11) is 0. The van der Waals surface area contributed by atoms with Crippen LogP contribution in [0.3, 0.4) is 0 Å². The number of pyridine rings is 1. The summed E-state index contributed by atoms with van der Waals surface area (Å²) in [4.78, 5) is 14.0. The van der Waals surface area contributed by atoms with Crippen LogP contribution < -0.4 is 4.90 Å². The first kappa shape index (κ1) is 18.6. The van der Waals surface area contributed by atoms with Crippen LogP contribution >= 0.6 is 11.3 Å². The maximum Gasteiger partial charge on any atom is 0.123 e. The summed E-state index contributed by atoms with van der Waals surface area (Å²) >= 11 is 1.71. The monoisotopic (exact) mass is 389 g/mol. The summed E-state index contributed by atoms with van der Waals surface area (Å²) in [6, 6.07) is 14.7. The minimum atomic E-state index is 0.700. The van der Waals surface area contributed by atoms with Crippen LogP contribution in [0, 0.1) is 25.2 Å². The molecule has 3 heterocycles. The number of anilines is 1. The lowest BCUT2D eigenvalue weighted by atomic mass is 10.1. The van der Waals surface area contributed by atoms with Crippen LogP contribution in [0.15, 0.2) is 41.8 Å². The Morgan fingerprint density at radius 2 is 1.82 bits per heavy atom. The second-order valence-electron chi connectivity index (χ2n) is 7.13. The molecule has 5 nitrogen and oxygen atoms in total. The predicted molar refractivity (Wildman–Crippen MR) is 113 cm³/mol. The zero-order valence-electron chi connectivity index (χ0n) is 16.2. The van der Waals surface area contributed by atoms with E-state index in [9.17, 15) is 5.26 Å². The molecule has 3 aromatic rings. The fraction of sp³-hybridized carbons (Fsp3) is 0.318. The Morgan fingerprint density at radius 3 is 2.54 bits per heavy atom. The first-order valence-corrected chi connectivity index (χ1v) is 10.4. The lowest BCUT2D eigenvalue weighted by Gasteiger charge is -2.36. The molecule has 142 valence electrons. The zero-order valence-corrected chi connectivity index (χ0v) is 17.0. The molecule has 1 aliphatic rings. The van der Waals surface area contributed by atoms with Gasteiger partial charge in [0.25, 0.3) is 0 Å². The molecule has 2 aromatic heterocycles. The van der Waals surface area contributed by atoms with E-state index in [0.717, 1.165) is 60.5 Å². The van der Waals surface area contributed by atoms with Crippen molar-refractivity contribution in [3.05, 3.63) is 64.4 Å². The molecule has 1 saturated heterocycles. The lowest BCUT2D eigenvalue weighted by Crippen LogP contribution is -2.46. The topological polar surface area (TPSA) is 56.0 Å². The van der Waals surface area contributed by atoms with Crippen molar-refractivity contribution in [1.29, 1.82) is 5.26 Å². The molecule has 0 bridgehead atoms. The van der Waals surface area contributed by atoms with Crippen LogP contribution in [0.5, 0.6) is 0 Å². The summed E-state index contributed by atoms with van der Waals surface area (Å²) < 4.78 is 0. The van der Waals surface area contributed by atoms with Crippen molar-refractivity contribution in [2.45, 2.75) is 20.4 Å². The van der Waals surface area contributed by atoms with Crippen molar-refractivity contribution in [2.24, 2.45) is 0 Å². The number of benzene rings is 1. The van der Waals surface area contributed by atoms with E-state index in [0.29, 0.717) is 5.56 Å². The van der Waals surface area contributed by atoms with Crippen LogP contribution in [0.4, 0.5) is 5.69 Å². The van der Waals surface area contributed by atoms with E-state index in [-0.39, 0.29) is 0 Å². The molecule has 0 radical (unpaired) electrons. The van der Waals surface area contributed by atoms with E-state index in [1.54, 1.807) is 11.3 Å². The van der Waals surface area contributed by atoms with Gasteiger partial charge in [-0.25, -0.2) is 4.98 Å².